The van der Waals surface area contributed by atoms with Crippen molar-refractivity contribution in [3.63, 3.8) is 0 Å². The summed E-state index contributed by atoms with van der Waals surface area (Å²) >= 11 is 0. The number of rotatable bonds is 9. The van der Waals surface area contributed by atoms with E-state index in [0.717, 1.165) is 6.42 Å². The van der Waals surface area contributed by atoms with Gasteiger partial charge in [0.05, 0.1) is 6.04 Å². The fourth-order valence-corrected chi connectivity index (χ4v) is 1.66. The number of ketones is 1. The van der Waals surface area contributed by atoms with Crippen molar-refractivity contribution in [1.29, 1.82) is 0 Å². The van der Waals surface area contributed by atoms with Gasteiger partial charge in [-0.25, -0.2) is 0 Å². The fourth-order valence-electron chi connectivity index (χ4n) is 1.66. The maximum Gasteiger partial charge on any atom is 0.303 e. The van der Waals surface area contributed by atoms with E-state index in [0.29, 0.717) is 6.42 Å². The molecule has 0 aliphatic rings. The average molecular weight is 273 g/mol. The quantitative estimate of drug-likeness (QED) is 0.595. The monoisotopic (exact) mass is 273 g/mol. The number of hydrogen-bond acceptors (Lipinski definition) is 4. The first-order chi connectivity index (χ1) is 8.55. The predicted molar refractivity (Wildman–Crippen MR) is 74.1 cm³/mol. The number of carbonyl (C=O) groups is 2. The molecule has 5 nitrogen and oxygen atoms in total. The minimum Gasteiger partial charge on any atom is -0.481 e. The zero-order valence-corrected chi connectivity index (χ0v) is 12.6. The molecule has 0 saturated carbocycles. The lowest BCUT2D eigenvalue weighted by atomic mass is 9.88. The zero-order chi connectivity index (χ0) is 15.3. The van der Waals surface area contributed by atoms with Crippen LogP contribution in [-0.4, -0.2) is 39.1 Å². The van der Waals surface area contributed by atoms with E-state index in [4.69, 9.17) is 5.11 Å². The van der Waals surface area contributed by atoms with E-state index in [2.05, 4.69) is 5.32 Å². The van der Waals surface area contributed by atoms with E-state index in [1.807, 2.05) is 20.8 Å². The van der Waals surface area contributed by atoms with Crippen LogP contribution < -0.4 is 5.32 Å². The molecule has 0 radical (unpaired) electrons. The highest BCUT2D eigenvalue weighted by molar-refractivity contribution is 5.91. The van der Waals surface area contributed by atoms with Crippen LogP contribution in [0.3, 0.4) is 0 Å². The number of Topliss-reactive ketones (excluding diaryl/α,β-unsaturated/α-hetero) is 1. The molecule has 0 heterocycles. The molecule has 0 fully saturated rings. The first-order valence-electron chi connectivity index (χ1n) is 6.82. The number of aliphatic hydroxyl groups is 1. The van der Waals surface area contributed by atoms with E-state index >= 15 is 0 Å². The summed E-state index contributed by atoms with van der Waals surface area (Å²) < 4.78 is 0. The Morgan fingerprint density at radius 2 is 1.68 bits per heavy atom. The molecule has 19 heavy (non-hydrogen) atoms. The van der Waals surface area contributed by atoms with Gasteiger partial charge in [0.2, 0.25) is 0 Å². The molecule has 0 aromatic carbocycles. The highest BCUT2D eigenvalue weighted by Crippen LogP contribution is 2.18. The molecular formula is C14H27NO4. The topological polar surface area (TPSA) is 86.6 Å². The third-order valence-corrected chi connectivity index (χ3v) is 3.63. The van der Waals surface area contributed by atoms with E-state index < -0.39 is 17.6 Å². The molecule has 0 aliphatic heterocycles. The molecule has 0 rings (SSSR count). The van der Waals surface area contributed by atoms with Gasteiger partial charge in [0.1, 0.15) is 5.60 Å². The van der Waals surface area contributed by atoms with Gasteiger partial charge in [0.25, 0.3) is 0 Å². The maximum atomic E-state index is 12.3. The van der Waals surface area contributed by atoms with Crippen molar-refractivity contribution < 1.29 is 19.8 Å². The third-order valence-electron chi connectivity index (χ3n) is 3.63. The molecule has 0 aromatic rings. The molecule has 2 atom stereocenters. The SMILES string of the molecule is CCC(C)(C)NC(CCC(=O)O)C(=O)C(C)(O)CC. The number of carboxylic acid groups (broad SMARTS) is 1. The van der Waals surface area contributed by atoms with Crippen LogP contribution in [-0.2, 0) is 9.59 Å². The number of carbonyl (C=O) groups excluding carboxylic acids is 1. The first-order valence-corrected chi connectivity index (χ1v) is 6.82. The Hall–Kier alpha value is -0.940. The van der Waals surface area contributed by atoms with Crippen LogP contribution in [0.1, 0.15) is 60.3 Å². The summed E-state index contributed by atoms with van der Waals surface area (Å²) in [6, 6.07) is -0.638. The van der Waals surface area contributed by atoms with E-state index in [-0.39, 0.29) is 24.2 Å². The lowest BCUT2D eigenvalue weighted by Crippen LogP contribution is -2.55. The summed E-state index contributed by atoms with van der Waals surface area (Å²) in [4.78, 5) is 23.0. The van der Waals surface area contributed by atoms with Crippen LogP contribution >= 0.6 is 0 Å². The molecule has 0 amide bonds. The maximum absolute atomic E-state index is 12.3. The lowest BCUT2D eigenvalue weighted by Gasteiger charge is -2.33. The summed E-state index contributed by atoms with van der Waals surface area (Å²) in [5, 5.41) is 22.0. The van der Waals surface area contributed by atoms with Crippen LogP contribution in [0.25, 0.3) is 0 Å². The third kappa shape index (κ3) is 6.16. The second-order valence-corrected chi connectivity index (χ2v) is 5.86. The molecule has 3 N–H and O–H groups in total. The Balaban J connectivity index is 4.95. The first kappa shape index (κ1) is 18.1. The van der Waals surface area contributed by atoms with Crippen LogP contribution in [0.4, 0.5) is 0 Å². The van der Waals surface area contributed by atoms with Crippen molar-refractivity contribution in [1.82, 2.24) is 5.32 Å². The van der Waals surface area contributed by atoms with Gasteiger partial charge < -0.3 is 15.5 Å². The summed E-state index contributed by atoms with van der Waals surface area (Å²) in [5.41, 5.74) is -1.69. The van der Waals surface area contributed by atoms with Crippen LogP contribution in [0.5, 0.6) is 0 Å². The Morgan fingerprint density at radius 1 is 1.16 bits per heavy atom. The van der Waals surface area contributed by atoms with Gasteiger partial charge in [0, 0.05) is 12.0 Å². The number of carboxylic acids is 1. The van der Waals surface area contributed by atoms with Gasteiger partial charge in [0.15, 0.2) is 5.78 Å². The van der Waals surface area contributed by atoms with Crippen molar-refractivity contribution in [2.45, 2.75) is 77.5 Å². The number of nitrogens with one attached hydrogen (secondary N) is 1. The Bertz CT molecular complexity index is 323. The molecular weight excluding hydrogens is 246 g/mol. The second-order valence-electron chi connectivity index (χ2n) is 5.86. The van der Waals surface area contributed by atoms with Crippen molar-refractivity contribution >= 4 is 11.8 Å². The van der Waals surface area contributed by atoms with Crippen LogP contribution in [0, 0.1) is 0 Å². The minimum atomic E-state index is -1.42. The average Bonchev–Trinajstić information content (AvgIpc) is 2.33. The molecule has 0 bridgehead atoms. The van der Waals surface area contributed by atoms with Gasteiger partial charge in [-0.3, -0.25) is 9.59 Å². The molecule has 2 unspecified atom stereocenters. The van der Waals surface area contributed by atoms with Gasteiger partial charge in [-0.1, -0.05) is 13.8 Å². The normalized spacial score (nSPS) is 16.7. The summed E-state index contributed by atoms with van der Waals surface area (Å²) in [7, 11) is 0. The smallest absolute Gasteiger partial charge is 0.303 e. The van der Waals surface area contributed by atoms with Crippen molar-refractivity contribution in [2.24, 2.45) is 0 Å². The molecule has 0 aliphatic carbocycles. The van der Waals surface area contributed by atoms with Crippen molar-refractivity contribution in [3.8, 4) is 0 Å². The van der Waals surface area contributed by atoms with Gasteiger partial charge in [-0.05, 0) is 40.0 Å². The molecule has 5 heteroatoms. The molecule has 0 saturated heterocycles. The largest absolute Gasteiger partial charge is 0.481 e. The number of hydrogen-bond donors (Lipinski definition) is 3. The van der Waals surface area contributed by atoms with Crippen molar-refractivity contribution in [3.05, 3.63) is 0 Å². The fraction of sp³-hybridized carbons (Fsp3) is 0.857. The zero-order valence-electron chi connectivity index (χ0n) is 12.6. The molecule has 0 aromatic heterocycles. The van der Waals surface area contributed by atoms with Gasteiger partial charge >= 0.3 is 5.97 Å². The van der Waals surface area contributed by atoms with E-state index in [1.54, 1.807) is 6.92 Å². The molecule has 0 spiro atoms. The highest BCUT2D eigenvalue weighted by atomic mass is 16.4. The van der Waals surface area contributed by atoms with Crippen LogP contribution in [0.15, 0.2) is 0 Å². The summed E-state index contributed by atoms with van der Waals surface area (Å²) in [6.45, 7) is 9.11. The van der Waals surface area contributed by atoms with E-state index in [9.17, 15) is 14.7 Å². The summed E-state index contributed by atoms with van der Waals surface area (Å²) in [6.07, 6.45) is 1.21. The summed E-state index contributed by atoms with van der Waals surface area (Å²) in [5.74, 6) is -1.28. The van der Waals surface area contributed by atoms with Gasteiger partial charge in [-0.15, -0.1) is 0 Å². The predicted octanol–water partition coefficient (Wildman–Crippen LogP) is 1.73. The second kappa shape index (κ2) is 7.01. The van der Waals surface area contributed by atoms with Crippen LogP contribution in [0.2, 0.25) is 0 Å². The van der Waals surface area contributed by atoms with Gasteiger partial charge in [-0.2, -0.15) is 0 Å². The Labute approximate surface area is 115 Å². The standard InChI is InChI=1S/C14H27NO4/c1-6-13(3,4)15-10(8-9-11(16)17)12(18)14(5,19)7-2/h10,15,19H,6-9H2,1-5H3,(H,16,17). The minimum absolute atomic E-state index is 0.0943. The number of aliphatic carboxylic acids is 1. The lowest BCUT2D eigenvalue weighted by molar-refractivity contribution is -0.140. The molecule has 112 valence electrons. The Kier molecular flexibility index (Phi) is 6.66. The highest BCUT2D eigenvalue weighted by Gasteiger charge is 2.36. The van der Waals surface area contributed by atoms with Crippen molar-refractivity contribution in [2.75, 3.05) is 0 Å². The van der Waals surface area contributed by atoms with E-state index in [1.165, 1.54) is 6.92 Å². The Morgan fingerprint density at radius 3 is 2.05 bits per heavy atom.